The number of aliphatic carboxylic acids is 1. The van der Waals surface area contributed by atoms with Gasteiger partial charge in [0.2, 0.25) is 0 Å². The van der Waals surface area contributed by atoms with E-state index in [0.717, 1.165) is 120 Å². The van der Waals surface area contributed by atoms with Gasteiger partial charge >= 0.3 is 5.97 Å². The van der Waals surface area contributed by atoms with Crippen LogP contribution in [0.2, 0.25) is 0 Å². The molecule has 332 valence electrons. The van der Waals surface area contributed by atoms with Gasteiger partial charge in [-0.3, -0.25) is 0 Å². The molecule has 0 aliphatic heterocycles. The molecule has 0 bridgehead atoms. The monoisotopic (exact) mass is 900 g/mol. The first-order chi connectivity index (χ1) is 31.9. The van der Waals surface area contributed by atoms with Gasteiger partial charge in [-0.05, 0) is 114 Å². The summed E-state index contributed by atoms with van der Waals surface area (Å²) in [4.78, 5) is 15.6. The first-order valence-corrected chi connectivity index (χ1v) is 24.6. The molecule has 8 rings (SSSR count). The number of carbonyl (C=O) groups is 1. The van der Waals surface area contributed by atoms with Crippen molar-refractivity contribution in [1.29, 1.82) is 5.26 Å². The molecule has 0 spiro atoms. The number of fused-ring (bicyclic) bond motifs is 4. The molecule has 1 aliphatic carbocycles. The van der Waals surface area contributed by atoms with Gasteiger partial charge in [-0.2, -0.15) is 14.0 Å². The summed E-state index contributed by atoms with van der Waals surface area (Å²) in [7, 11) is 0. The minimum absolute atomic E-state index is 0.256. The molecule has 2 heterocycles. The molecule has 8 nitrogen and oxygen atoms in total. The molecule has 10 heteroatoms. The molecule has 1 aliphatic rings. The van der Waals surface area contributed by atoms with Crippen LogP contribution < -0.4 is 14.4 Å². The Bertz CT molecular complexity index is 2800. The maximum atomic E-state index is 11.8. The number of nitrogens with zero attached hydrogens (tertiary/aromatic N) is 4. The fourth-order valence-electron chi connectivity index (χ4n) is 9.38. The lowest BCUT2D eigenvalue weighted by atomic mass is 9.73. The number of hydrogen-bond donors (Lipinski definition) is 1. The molecule has 0 amide bonds. The summed E-state index contributed by atoms with van der Waals surface area (Å²) < 4.78 is 23.9. The van der Waals surface area contributed by atoms with E-state index in [0.29, 0.717) is 35.1 Å². The third-order valence-corrected chi connectivity index (χ3v) is 14.3. The highest BCUT2D eigenvalue weighted by molar-refractivity contribution is 7.16. The first kappa shape index (κ1) is 45.3. The summed E-state index contributed by atoms with van der Waals surface area (Å²) in [6.07, 6.45) is 11.6. The van der Waals surface area contributed by atoms with Crippen LogP contribution in [-0.2, 0) is 10.2 Å². The molecule has 0 saturated carbocycles. The van der Waals surface area contributed by atoms with Crippen molar-refractivity contribution in [2.24, 2.45) is 0 Å². The van der Waals surface area contributed by atoms with E-state index in [1.54, 1.807) is 0 Å². The van der Waals surface area contributed by atoms with Crippen LogP contribution in [0, 0.1) is 11.3 Å². The second-order valence-electron chi connectivity index (χ2n) is 16.7. The Labute approximate surface area is 391 Å². The molecule has 65 heavy (non-hydrogen) atoms. The van der Waals surface area contributed by atoms with Crippen LogP contribution in [0.25, 0.3) is 49.8 Å². The smallest absolute Gasteiger partial charge is 0.346 e. The number of carboxylic acids is 1. The van der Waals surface area contributed by atoms with Crippen molar-refractivity contribution in [2.75, 3.05) is 18.1 Å². The van der Waals surface area contributed by atoms with E-state index in [4.69, 9.17) is 18.2 Å². The van der Waals surface area contributed by atoms with Gasteiger partial charge in [0.1, 0.15) is 22.7 Å². The zero-order valence-corrected chi connectivity index (χ0v) is 39.4. The summed E-state index contributed by atoms with van der Waals surface area (Å²) in [5.74, 6) is 0.0108. The summed E-state index contributed by atoms with van der Waals surface area (Å²) in [6.45, 7) is 10.0. The highest BCUT2D eigenvalue weighted by atomic mass is 32.1. The van der Waals surface area contributed by atoms with Crippen LogP contribution in [0.4, 0.5) is 17.1 Å². The SMILES string of the molecule is CCCCCCOc1c(OCCCCCC)c(-c2ccc(/C=C(\C#N)C(=O)O)s2)c2nsnc2c1-c1ccc2c(c1)C(CC)(CC)c1cc(N(c3ccccc3)c3ccccc3)ccc1-2. The Morgan fingerprint density at radius 2 is 1.26 bits per heavy atom. The lowest BCUT2D eigenvalue weighted by Crippen LogP contribution is -2.23. The third-order valence-electron chi connectivity index (χ3n) is 12.7. The van der Waals surface area contributed by atoms with Crippen LogP contribution in [0.1, 0.15) is 108 Å². The van der Waals surface area contributed by atoms with Gasteiger partial charge in [-0.15, -0.1) is 11.3 Å². The first-order valence-electron chi connectivity index (χ1n) is 23.1. The van der Waals surface area contributed by atoms with Gasteiger partial charge in [-0.1, -0.05) is 121 Å². The van der Waals surface area contributed by atoms with E-state index in [1.165, 1.54) is 39.7 Å². The molecular formula is C55H56N4O4S2. The topological polar surface area (TPSA) is 109 Å². The van der Waals surface area contributed by atoms with Crippen LogP contribution in [0.3, 0.4) is 0 Å². The zero-order chi connectivity index (χ0) is 45.3. The molecule has 7 aromatic rings. The number of thiophene rings is 1. The van der Waals surface area contributed by atoms with Crippen LogP contribution in [0.5, 0.6) is 11.5 Å². The predicted octanol–water partition coefficient (Wildman–Crippen LogP) is 15.6. The number of carboxylic acid groups (broad SMARTS) is 1. The lowest BCUT2D eigenvalue weighted by Gasteiger charge is -2.32. The normalized spacial score (nSPS) is 12.8. The number of para-hydroxylation sites is 2. The number of unbranched alkanes of at least 4 members (excludes halogenated alkanes) is 6. The highest BCUT2D eigenvalue weighted by Gasteiger charge is 2.42. The van der Waals surface area contributed by atoms with Crippen molar-refractivity contribution in [3.63, 3.8) is 0 Å². The Hall–Kier alpha value is -6.28. The van der Waals surface area contributed by atoms with E-state index in [9.17, 15) is 15.2 Å². The van der Waals surface area contributed by atoms with Crippen molar-refractivity contribution in [3.8, 4) is 50.3 Å². The van der Waals surface area contributed by atoms with Crippen molar-refractivity contribution in [3.05, 3.63) is 131 Å². The molecule has 5 aromatic carbocycles. The molecule has 0 atom stereocenters. The molecule has 1 N–H and O–H groups in total. The highest BCUT2D eigenvalue weighted by Crippen LogP contribution is 2.57. The van der Waals surface area contributed by atoms with Crippen molar-refractivity contribution in [1.82, 2.24) is 8.75 Å². The van der Waals surface area contributed by atoms with Gasteiger partial charge in [0, 0.05) is 32.2 Å². The maximum Gasteiger partial charge on any atom is 0.346 e. The van der Waals surface area contributed by atoms with Crippen LogP contribution in [0.15, 0.2) is 115 Å². The number of nitriles is 1. The number of hydrogen-bond acceptors (Lipinski definition) is 9. The molecule has 0 unspecified atom stereocenters. The zero-order valence-electron chi connectivity index (χ0n) is 37.7. The van der Waals surface area contributed by atoms with Gasteiger partial charge in [0.15, 0.2) is 11.5 Å². The summed E-state index contributed by atoms with van der Waals surface area (Å²) in [6, 6.07) is 40.6. The number of rotatable bonds is 21. The van der Waals surface area contributed by atoms with Crippen molar-refractivity contribution < 1.29 is 19.4 Å². The van der Waals surface area contributed by atoms with Crippen molar-refractivity contribution >= 4 is 63.2 Å². The average molecular weight is 901 g/mol. The third kappa shape index (κ3) is 9.05. The van der Waals surface area contributed by atoms with Gasteiger partial charge in [0.05, 0.1) is 36.1 Å². The minimum Gasteiger partial charge on any atom is -0.489 e. The van der Waals surface area contributed by atoms with Gasteiger partial charge < -0.3 is 19.5 Å². The minimum atomic E-state index is -1.26. The fraction of sp³-hybridized carbons (Fsp3) is 0.309. The molecule has 0 fully saturated rings. The maximum absolute atomic E-state index is 11.8. The van der Waals surface area contributed by atoms with E-state index >= 15 is 0 Å². The largest absolute Gasteiger partial charge is 0.489 e. The standard InChI is InChI=1S/C55H56N4O4S2/c1-5-9-11-19-31-62-52-48(50-51(58-65-57-50)49(53(52)63-32-20-12-10-6-2)47-30-27-42(64-47)33-38(36-56)54(60)61)37-25-28-43-44-29-26-41(35-46(44)55(7-3,8-4)45(43)34-37)59(39-21-15-13-16-22-39)40-23-17-14-18-24-40/h13-18,21-30,33-35H,5-12,19-20,31-32H2,1-4H3,(H,60,61)/b38-33+. The van der Waals surface area contributed by atoms with E-state index < -0.39 is 5.97 Å². The van der Waals surface area contributed by atoms with E-state index in [-0.39, 0.29) is 11.0 Å². The Balaban J connectivity index is 1.30. The van der Waals surface area contributed by atoms with E-state index in [2.05, 4.69) is 130 Å². The fourth-order valence-corrected chi connectivity index (χ4v) is 10.9. The Morgan fingerprint density at radius 3 is 1.83 bits per heavy atom. The number of anilines is 3. The lowest BCUT2D eigenvalue weighted by molar-refractivity contribution is -0.132. The molecule has 2 aromatic heterocycles. The Morgan fingerprint density at radius 1 is 0.692 bits per heavy atom. The molecular weight excluding hydrogens is 845 g/mol. The molecule has 0 radical (unpaired) electrons. The number of benzene rings is 5. The van der Waals surface area contributed by atoms with Gasteiger partial charge in [-0.25, -0.2) is 4.79 Å². The molecule has 0 saturated heterocycles. The number of ether oxygens (including phenoxy) is 2. The summed E-state index contributed by atoms with van der Waals surface area (Å²) in [5.41, 5.74) is 11.9. The summed E-state index contributed by atoms with van der Waals surface area (Å²) >= 11 is 2.56. The summed E-state index contributed by atoms with van der Waals surface area (Å²) in [5, 5.41) is 19.2. The number of aromatic nitrogens is 2. The second-order valence-corrected chi connectivity index (χ2v) is 18.3. The predicted molar refractivity (Wildman–Crippen MR) is 268 cm³/mol. The average Bonchev–Trinajstić information content (AvgIpc) is 4.08. The quantitative estimate of drug-likeness (QED) is 0.0431. The second kappa shape index (κ2) is 20.7. The van der Waals surface area contributed by atoms with Gasteiger partial charge in [0.25, 0.3) is 0 Å². The van der Waals surface area contributed by atoms with Crippen molar-refractivity contribution in [2.45, 2.75) is 97.3 Å². The Kier molecular flexibility index (Phi) is 14.4. The van der Waals surface area contributed by atoms with E-state index in [1.807, 2.05) is 18.2 Å². The van der Waals surface area contributed by atoms with Crippen LogP contribution >= 0.6 is 23.1 Å². The van der Waals surface area contributed by atoms with Crippen LogP contribution in [-0.4, -0.2) is 33.0 Å².